The Morgan fingerprint density at radius 1 is 1.33 bits per heavy atom. The van der Waals surface area contributed by atoms with Crippen LogP contribution in [0, 0.1) is 5.92 Å². The lowest BCUT2D eigenvalue weighted by Gasteiger charge is -2.30. The van der Waals surface area contributed by atoms with Crippen LogP contribution in [-0.2, 0) is 6.54 Å². The molecule has 2 rings (SSSR count). The Kier molecular flexibility index (Phi) is 4.82. The third-order valence-corrected chi connectivity index (χ3v) is 3.81. The molecule has 1 saturated carbocycles. The van der Waals surface area contributed by atoms with Crippen molar-refractivity contribution in [3.63, 3.8) is 0 Å². The molecule has 1 amide bonds. The van der Waals surface area contributed by atoms with Crippen LogP contribution in [0.2, 0.25) is 0 Å². The maximum absolute atomic E-state index is 12.6. The highest BCUT2D eigenvalue weighted by atomic mass is 19.4. The van der Waals surface area contributed by atoms with Crippen LogP contribution in [0.3, 0.4) is 0 Å². The highest BCUT2D eigenvalue weighted by Crippen LogP contribution is 2.37. The molecule has 1 fully saturated rings. The molecule has 1 aliphatic rings. The van der Waals surface area contributed by atoms with Crippen molar-refractivity contribution < 1.29 is 18.0 Å². The minimum absolute atomic E-state index is 0.0683. The molecule has 1 heterocycles. The molecule has 0 bridgehead atoms. The van der Waals surface area contributed by atoms with Gasteiger partial charge < -0.3 is 11.1 Å². The Morgan fingerprint density at radius 2 is 2.00 bits per heavy atom. The van der Waals surface area contributed by atoms with Crippen LogP contribution in [0.4, 0.5) is 13.2 Å². The molecule has 21 heavy (non-hydrogen) atoms. The molecular weight excluding hydrogens is 283 g/mol. The number of pyridine rings is 1. The summed E-state index contributed by atoms with van der Waals surface area (Å²) >= 11 is 0. The van der Waals surface area contributed by atoms with Gasteiger partial charge in [0, 0.05) is 24.3 Å². The fourth-order valence-electron chi connectivity index (χ4n) is 2.56. The zero-order chi connectivity index (χ0) is 15.5. The molecule has 0 spiro atoms. The van der Waals surface area contributed by atoms with Crippen molar-refractivity contribution in [2.24, 2.45) is 11.7 Å². The van der Waals surface area contributed by atoms with Crippen LogP contribution in [-0.4, -0.2) is 23.1 Å². The maximum Gasteiger partial charge on any atom is 0.391 e. The number of carbonyl (C=O) groups excluding carboxylic acids is 1. The summed E-state index contributed by atoms with van der Waals surface area (Å²) in [7, 11) is 0. The Morgan fingerprint density at radius 3 is 2.57 bits per heavy atom. The quantitative estimate of drug-likeness (QED) is 0.900. The largest absolute Gasteiger partial charge is 0.391 e. The van der Waals surface area contributed by atoms with E-state index >= 15 is 0 Å². The highest BCUT2D eigenvalue weighted by molar-refractivity contribution is 5.94. The lowest BCUT2D eigenvalue weighted by Crippen LogP contribution is -2.40. The van der Waals surface area contributed by atoms with Gasteiger partial charge in [-0.25, -0.2) is 0 Å². The molecule has 0 aromatic carbocycles. The minimum atomic E-state index is -4.13. The Labute approximate surface area is 120 Å². The number of rotatable bonds is 3. The van der Waals surface area contributed by atoms with Crippen molar-refractivity contribution in [3.8, 4) is 0 Å². The molecule has 7 heteroatoms. The van der Waals surface area contributed by atoms with E-state index in [1.165, 1.54) is 6.20 Å². The third kappa shape index (κ3) is 4.17. The highest BCUT2D eigenvalue weighted by Gasteiger charge is 2.41. The number of alkyl halides is 3. The van der Waals surface area contributed by atoms with Gasteiger partial charge in [-0.3, -0.25) is 9.78 Å². The van der Waals surface area contributed by atoms with Gasteiger partial charge in [-0.15, -0.1) is 0 Å². The van der Waals surface area contributed by atoms with E-state index in [1.54, 1.807) is 12.1 Å². The first-order chi connectivity index (χ1) is 9.90. The molecule has 0 aliphatic heterocycles. The fraction of sp³-hybridized carbons (Fsp3) is 0.571. The second-order valence-corrected chi connectivity index (χ2v) is 5.30. The SMILES string of the molecule is NCc1cc(C(=O)NC2CCC(C(F)(F)F)CC2)ccn1. The van der Waals surface area contributed by atoms with Gasteiger partial charge in [0.05, 0.1) is 11.6 Å². The minimum Gasteiger partial charge on any atom is -0.349 e. The van der Waals surface area contributed by atoms with Gasteiger partial charge in [0.1, 0.15) is 0 Å². The molecule has 0 atom stereocenters. The third-order valence-electron chi connectivity index (χ3n) is 3.81. The summed E-state index contributed by atoms with van der Waals surface area (Å²) in [4.78, 5) is 16.1. The first-order valence-corrected chi connectivity index (χ1v) is 6.92. The van der Waals surface area contributed by atoms with E-state index in [0.717, 1.165) is 0 Å². The van der Waals surface area contributed by atoms with Crippen LogP contribution in [0.15, 0.2) is 18.3 Å². The number of nitrogens with zero attached hydrogens (tertiary/aromatic N) is 1. The van der Waals surface area contributed by atoms with Crippen LogP contribution in [0.1, 0.15) is 41.7 Å². The van der Waals surface area contributed by atoms with E-state index < -0.39 is 12.1 Å². The second kappa shape index (κ2) is 6.43. The van der Waals surface area contributed by atoms with Crippen molar-refractivity contribution in [1.82, 2.24) is 10.3 Å². The Bertz CT molecular complexity index is 496. The van der Waals surface area contributed by atoms with E-state index in [4.69, 9.17) is 5.73 Å². The topological polar surface area (TPSA) is 68.0 Å². The Balaban J connectivity index is 1.89. The van der Waals surface area contributed by atoms with Gasteiger partial charge in [-0.2, -0.15) is 13.2 Å². The van der Waals surface area contributed by atoms with Crippen molar-refractivity contribution in [2.45, 2.75) is 44.4 Å². The van der Waals surface area contributed by atoms with Gasteiger partial charge in [-0.05, 0) is 37.8 Å². The first kappa shape index (κ1) is 15.8. The van der Waals surface area contributed by atoms with Gasteiger partial charge in [0.25, 0.3) is 5.91 Å². The van der Waals surface area contributed by atoms with Gasteiger partial charge in [-0.1, -0.05) is 0 Å². The summed E-state index contributed by atoms with van der Waals surface area (Å²) < 4.78 is 37.7. The molecule has 116 valence electrons. The zero-order valence-corrected chi connectivity index (χ0v) is 11.5. The summed E-state index contributed by atoms with van der Waals surface area (Å²) in [6.07, 6.45) is -1.79. The van der Waals surface area contributed by atoms with E-state index in [9.17, 15) is 18.0 Å². The van der Waals surface area contributed by atoms with Crippen molar-refractivity contribution in [2.75, 3.05) is 0 Å². The molecule has 0 unspecified atom stereocenters. The molecule has 1 aromatic heterocycles. The summed E-state index contributed by atoms with van der Waals surface area (Å²) in [6.45, 7) is 0.234. The number of carbonyl (C=O) groups is 1. The van der Waals surface area contributed by atoms with Gasteiger partial charge in [0.2, 0.25) is 0 Å². The monoisotopic (exact) mass is 301 g/mol. The smallest absolute Gasteiger partial charge is 0.349 e. The van der Waals surface area contributed by atoms with E-state index in [2.05, 4.69) is 10.3 Å². The molecule has 4 nitrogen and oxygen atoms in total. The average Bonchev–Trinajstić information content (AvgIpc) is 2.47. The van der Waals surface area contributed by atoms with Gasteiger partial charge >= 0.3 is 6.18 Å². The molecule has 0 saturated heterocycles. The summed E-state index contributed by atoms with van der Waals surface area (Å²) in [5.41, 5.74) is 6.49. The number of aromatic nitrogens is 1. The summed E-state index contributed by atoms with van der Waals surface area (Å²) in [6, 6.07) is 2.96. The van der Waals surface area contributed by atoms with E-state index in [-0.39, 0.29) is 31.3 Å². The number of halogens is 3. The van der Waals surface area contributed by atoms with Crippen LogP contribution in [0.25, 0.3) is 0 Å². The molecule has 3 N–H and O–H groups in total. The van der Waals surface area contributed by atoms with Crippen LogP contribution >= 0.6 is 0 Å². The normalized spacial score (nSPS) is 22.9. The second-order valence-electron chi connectivity index (χ2n) is 5.30. The maximum atomic E-state index is 12.6. The molecule has 1 aromatic rings. The predicted octanol–water partition coefficient (Wildman–Crippen LogP) is 2.39. The zero-order valence-electron chi connectivity index (χ0n) is 11.5. The fourth-order valence-corrected chi connectivity index (χ4v) is 2.56. The van der Waals surface area contributed by atoms with Crippen LogP contribution in [0.5, 0.6) is 0 Å². The van der Waals surface area contributed by atoms with E-state index in [0.29, 0.717) is 24.1 Å². The van der Waals surface area contributed by atoms with Crippen molar-refractivity contribution in [3.05, 3.63) is 29.6 Å². The van der Waals surface area contributed by atoms with Crippen LogP contribution < -0.4 is 11.1 Å². The van der Waals surface area contributed by atoms with E-state index in [1.807, 2.05) is 0 Å². The summed E-state index contributed by atoms with van der Waals surface area (Å²) in [5, 5.41) is 2.78. The number of amides is 1. The van der Waals surface area contributed by atoms with Crippen molar-refractivity contribution >= 4 is 5.91 Å². The van der Waals surface area contributed by atoms with Gasteiger partial charge in [0.15, 0.2) is 0 Å². The molecule has 1 aliphatic carbocycles. The number of hydrogen-bond donors (Lipinski definition) is 2. The molecular formula is C14H18F3N3O. The predicted molar refractivity (Wildman–Crippen MR) is 71.4 cm³/mol. The summed E-state index contributed by atoms with van der Waals surface area (Å²) in [5.74, 6) is -1.53. The first-order valence-electron chi connectivity index (χ1n) is 6.92. The number of nitrogens with two attached hydrogens (primary N) is 1. The lowest BCUT2D eigenvalue weighted by atomic mass is 9.85. The standard InChI is InChI=1S/C14H18F3N3O/c15-14(16,17)10-1-3-11(4-2-10)20-13(21)9-5-6-19-12(7-9)8-18/h5-7,10-11H,1-4,8,18H2,(H,20,21). The Hall–Kier alpha value is -1.63. The van der Waals surface area contributed by atoms with Crippen molar-refractivity contribution in [1.29, 1.82) is 0 Å². The molecule has 0 radical (unpaired) electrons. The number of nitrogens with one attached hydrogen (secondary N) is 1. The number of hydrogen-bond acceptors (Lipinski definition) is 3. The average molecular weight is 301 g/mol. The lowest BCUT2D eigenvalue weighted by molar-refractivity contribution is -0.182.